The molecule has 33 heavy (non-hydrogen) atoms. The molecule has 6 nitrogen and oxygen atoms in total. The Morgan fingerprint density at radius 2 is 1.61 bits per heavy atom. The summed E-state index contributed by atoms with van der Waals surface area (Å²) in [6, 6.07) is 15.8. The first-order valence-electron chi connectivity index (χ1n) is 11.7. The Morgan fingerprint density at radius 3 is 2.30 bits per heavy atom. The van der Waals surface area contributed by atoms with Crippen LogP contribution >= 0.6 is 15.9 Å². The van der Waals surface area contributed by atoms with Gasteiger partial charge in [0.1, 0.15) is 0 Å². The number of carbonyl (C=O) groups is 1. The lowest BCUT2D eigenvalue weighted by Gasteiger charge is -2.30. The fourth-order valence-electron chi connectivity index (χ4n) is 4.65. The van der Waals surface area contributed by atoms with Gasteiger partial charge in [-0.3, -0.25) is 9.69 Å². The van der Waals surface area contributed by atoms with Gasteiger partial charge in [-0.25, -0.2) is 12.7 Å². The quantitative estimate of drug-likeness (QED) is 0.558. The van der Waals surface area contributed by atoms with Crippen molar-refractivity contribution in [2.24, 2.45) is 5.92 Å². The van der Waals surface area contributed by atoms with Crippen LogP contribution in [-0.2, 0) is 33.7 Å². The Bertz CT molecular complexity index is 1040. The van der Waals surface area contributed by atoms with Gasteiger partial charge in [0.2, 0.25) is 15.9 Å². The Morgan fingerprint density at radius 1 is 0.939 bits per heavy atom. The van der Waals surface area contributed by atoms with E-state index in [9.17, 15) is 13.2 Å². The van der Waals surface area contributed by atoms with E-state index < -0.39 is 10.0 Å². The van der Waals surface area contributed by atoms with Gasteiger partial charge in [0.25, 0.3) is 0 Å². The molecule has 0 bridgehead atoms. The first-order valence-corrected chi connectivity index (χ1v) is 14.1. The summed E-state index contributed by atoms with van der Waals surface area (Å²) in [5, 5.41) is 3.06. The number of benzene rings is 2. The summed E-state index contributed by atoms with van der Waals surface area (Å²) < 4.78 is 28.0. The fourth-order valence-corrected chi connectivity index (χ4v) is 6.48. The van der Waals surface area contributed by atoms with Gasteiger partial charge in [0.15, 0.2) is 0 Å². The summed E-state index contributed by atoms with van der Waals surface area (Å²) in [6.45, 7) is 4.59. The molecule has 0 saturated carbocycles. The van der Waals surface area contributed by atoms with Crippen molar-refractivity contribution in [3.05, 3.63) is 69.7 Å². The van der Waals surface area contributed by atoms with Crippen molar-refractivity contribution in [2.45, 2.75) is 44.5 Å². The number of nitrogens with one attached hydrogen (secondary N) is 1. The lowest BCUT2D eigenvalue weighted by atomic mass is 9.97. The molecular weight excluding hydrogens is 502 g/mol. The molecule has 2 aliphatic heterocycles. The number of sulfonamides is 1. The summed E-state index contributed by atoms with van der Waals surface area (Å²) >= 11 is 3.37. The third-order valence-corrected chi connectivity index (χ3v) is 8.92. The zero-order valence-corrected chi connectivity index (χ0v) is 21.3. The topological polar surface area (TPSA) is 69.7 Å². The lowest BCUT2D eigenvalue weighted by molar-refractivity contribution is -0.126. The second-order valence-corrected chi connectivity index (χ2v) is 12.0. The molecule has 0 spiro atoms. The van der Waals surface area contributed by atoms with Gasteiger partial charge in [-0.15, -0.1) is 0 Å². The maximum atomic E-state index is 12.8. The number of nitrogens with zero attached hydrogens (tertiary/aromatic N) is 2. The summed E-state index contributed by atoms with van der Waals surface area (Å²) in [7, 11) is -3.39. The van der Waals surface area contributed by atoms with Crippen LogP contribution in [0.5, 0.6) is 0 Å². The van der Waals surface area contributed by atoms with Crippen LogP contribution < -0.4 is 5.32 Å². The van der Waals surface area contributed by atoms with E-state index in [0.717, 1.165) is 22.1 Å². The summed E-state index contributed by atoms with van der Waals surface area (Å²) in [4.78, 5) is 15.2. The van der Waals surface area contributed by atoms with Gasteiger partial charge < -0.3 is 5.32 Å². The summed E-state index contributed by atoms with van der Waals surface area (Å²) in [6.07, 6.45) is 3.67. The van der Waals surface area contributed by atoms with Crippen LogP contribution in [0.4, 0.5) is 0 Å². The summed E-state index contributed by atoms with van der Waals surface area (Å²) in [5.41, 5.74) is 3.16. The highest BCUT2D eigenvalue weighted by Crippen LogP contribution is 2.23. The molecule has 2 aliphatic rings. The number of hydrogen-bond acceptors (Lipinski definition) is 4. The van der Waals surface area contributed by atoms with E-state index in [1.165, 1.54) is 35.8 Å². The van der Waals surface area contributed by atoms with Crippen molar-refractivity contribution in [3.8, 4) is 0 Å². The predicted octanol–water partition coefficient (Wildman–Crippen LogP) is 3.90. The molecule has 2 aromatic rings. The average Bonchev–Trinajstić information content (AvgIpc) is 3.32. The normalized spacial score (nSPS) is 18.5. The fraction of sp³-hybridized carbons (Fsp3) is 0.480. The third-order valence-electron chi connectivity index (χ3n) is 6.54. The molecule has 0 aromatic heterocycles. The second-order valence-electron chi connectivity index (χ2n) is 9.08. The zero-order valence-electron chi connectivity index (χ0n) is 18.9. The monoisotopic (exact) mass is 533 g/mol. The first kappa shape index (κ1) is 24.4. The second kappa shape index (κ2) is 11.1. The van der Waals surface area contributed by atoms with E-state index in [4.69, 9.17) is 0 Å². The first-order chi connectivity index (χ1) is 15.9. The minimum Gasteiger partial charge on any atom is -0.352 e. The minimum absolute atomic E-state index is 0.00902. The van der Waals surface area contributed by atoms with Crippen LogP contribution in [-0.4, -0.2) is 49.7 Å². The molecule has 2 aromatic carbocycles. The van der Waals surface area contributed by atoms with Crippen molar-refractivity contribution in [3.63, 3.8) is 0 Å². The van der Waals surface area contributed by atoms with Gasteiger partial charge >= 0.3 is 0 Å². The molecule has 0 aliphatic carbocycles. The molecule has 2 saturated heterocycles. The number of piperidine rings is 1. The van der Waals surface area contributed by atoms with E-state index in [1.807, 2.05) is 30.3 Å². The number of halogens is 1. The van der Waals surface area contributed by atoms with Crippen molar-refractivity contribution in [1.29, 1.82) is 0 Å². The highest BCUT2D eigenvalue weighted by Gasteiger charge is 2.31. The molecule has 2 heterocycles. The molecule has 1 amide bonds. The highest BCUT2D eigenvalue weighted by molar-refractivity contribution is 9.10. The number of likely N-dealkylation sites (tertiary alicyclic amines) is 1. The number of carbonyl (C=O) groups excluding carboxylic acids is 1. The van der Waals surface area contributed by atoms with E-state index >= 15 is 0 Å². The Labute approximate surface area is 205 Å². The van der Waals surface area contributed by atoms with Crippen LogP contribution in [0, 0.1) is 5.92 Å². The smallest absolute Gasteiger partial charge is 0.223 e. The maximum absolute atomic E-state index is 12.8. The van der Waals surface area contributed by atoms with E-state index in [-0.39, 0.29) is 17.6 Å². The highest BCUT2D eigenvalue weighted by atomic mass is 79.9. The molecule has 178 valence electrons. The molecule has 0 radical (unpaired) electrons. The molecule has 1 N–H and O–H groups in total. The molecule has 0 atom stereocenters. The minimum atomic E-state index is -3.39. The standard InChI is InChI=1S/C25H32BrN3O3S/c26-24-8-6-20(7-9-24)19-33(31,32)29-14-10-23(11-15-29)25(30)27-17-21-4-3-5-22(16-21)18-28-12-1-2-13-28/h3-9,16,23H,1-2,10-15,17-19H2,(H,27,30). The largest absolute Gasteiger partial charge is 0.352 e. The molecular formula is C25H32BrN3O3S. The molecule has 4 rings (SSSR count). The van der Waals surface area contributed by atoms with Gasteiger partial charge in [-0.1, -0.05) is 52.3 Å². The molecule has 8 heteroatoms. The van der Waals surface area contributed by atoms with E-state index in [1.54, 1.807) is 0 Å². The van der Waals surface area contributed by atoms with Crippen molar-refractivity contribution in [1.82, 2.24) is 14.5 Å². The number of hydrogen-bond donors (Lipinski definition) is 1. The number of amides is 1. The van der Waals surface area contributed by atoms with Crippen LogP contribution in [0.1, 0.15) is 42.4 Å². The van der Waals surface area contributed by atoms with Crippen molar-refractivity contribution >= 4 is 31.9 Å². The van der Waals surface area contributed by atoms with Gasteiger partial charge in [-0.05, 0) is 67.6 Å². The van der Waals surface area contributed by atoms with Gasteiger partial charge in [0.05, 0.1) is 5.75 Å². The maximum Gasteiger partial charge on any atom is 0.223 e. The Balaban J connectivity index is 1.24. The van der Waals surface area contributed by atoms with Gasteiger partial charge in [-0.2, -0.15) is 0 Å². The average molecular weight is 535 g/mol. The van der Waals surface area contributed by atoms with Gasteiger partial charge in [0, 0.05) is 36.6 Å². The van der Waals surface area contributed by atoms with E-state index in [0.29, 0.717) is 32.5 Å². The van der Waals surface area contributed by atoms with Crippen molar-refractivity contribution in [2.75, 3.05) is 26.2 Å². The lowest BCUT2D eigenvalue weighted by Crippen LogP contribution is -2.43. The SMILES string of the molecule is O=C(NCc1cccc(CN2CCCC2)c1)C1CCN(S(=O)(=O)Cc2ccc(Br)cc2)CC1. The molecule has 2 fully saturated rings. The van der Waals surface area contributed by atoms with Crippen LogP contribution in [0.2, 0.25) is 0 Å². The Kier molecular flexibility index (Phi) is 8.22. The number of rotatable bonds is 8. The van der Waals surface area contributed by atoms with Crippen LogP contribution in [0.15, 0.2) is 53.0 Å². The molecule has 0 unspecified atom stereocenters. The van der Waals surface area contributed by atoms with Crippen LogP contribution in [0.3, 0.4) is 0 Å². The van der Waals surface area contributed by atoms with Crippen molar-refractivity contribution < 1.29 is 13.2 Å². The third kappa shape index (κ3) is 6.88. The predicted molar refractivity (Wildman–Crippen MR) is 134 cm³/mol. The van der Waals surface area contributed by atoms with Crippen LogP contribution in [0.25, 0.3) is 0 Å². The summed E-state index contributed by atoms with van der Waals surface area (Å²) in [5.74, 6) is -0.132. The zero-order chi connectivity index (χ0) is 23.3. The Hall–Kier alpha value is -1.74. The van der Waals surface area contributed by atoms with E-state index in [2.05, 4.69) is 44.3 Å².